The van der Waals surface area contributed by atoms with Crippen LogP contribution in [0.15, 0.2) is 0 Å². The molecule has 0 aromatic rings. The third-order valence-electron chi connectivity index (χ3n) is 5.15. The number of nitrogens with one attached hydrogen (secondary N) is 1. The average molecular weight is 414 g/mol. The van der Waals surface area contributed by atoms with Crippen LogP contribution in [0, 0.1) is 0 Å². The number of aliphatic carboxylic acids is 1. The maximum atomic E-state index is 11.6. The zero-order valence-electron chi connectivity index (χ0n) is 19.9. The molecular formula is C25H51NO3. The molecule has 0 aromatic carbocycles. The maximum Gasteiger partial charge on any atom is 0.303 e. The van der Waals surface area contributed by atoms with Crippen molar-refractivity contribution < 1.29 is 14.7 Å². The van der Waals surface area contributed by atoms with Gasteiger partial charge in [0.15, 0.2) is 0 Å². The zero-order chi connectivity index (χ0) is 22.0. The van der Waals surface area contributed by atoms with Gasteiger partial charge < -0.3 is 10.4 Å². The summed E-state index contributed by atoms with van der Waals surface area (Å²) in [6.45, 7) is 7.02. The summed E-state index contributed by atoms with van der Waals surface area (Å²) in [5, 5.41) is 11.6. The van der Waals surface area contributed by atoms with Crippen molar-refractivity contribution >= 4 is 11.9 Å². The van der Waals surface area contributed by atoms with Crippen molar-refractivity contribution in [2.75, 3.05) is 6.54 Å². The molecule has 0 aromatic heterocycles. The van der Waals surface area contributed by atoms with Crippen LogP contribution < -0.4 is 5.32 Å². The van der Waals surface area contributed by atoms with Gasteiger partial charge in [0, 0.05) is 19.4 Å². The fourth-order valence-electron chi connectivity index (χ4n) is 3.37. The lowest BCUT2D eigenvalue weighted by molar-refractivity contribution is -0.137. The summed E-state index contributed by atoms with van der Waals surface area (Å²) in [4.78, 5) is 22.0. The summed E-state index contributed by atoms with van der Waals surface area (Å²) in [6.07, 6.45) is 21.6. The first kappa shape index (κ1) is 30.1. The molecule has 0 saturated heterocycles. The van der Waals surface area contributed by atoms with E-state index >= 15 is 0 Å². The van der Waals surface area contributed by atoms with Crippen LogP contribution in [0.2, 0.25) is 0 Å². The van der Waals surface area contributed by atoms with Gasteiger partial charge in [-0.15, -0.1) is 0 Å². The average Bonchev–Trinajstić information content (AvgIpc) is 2.72. The molecule has 0 heterocycles. The van der Waals surface area contributed by atoms with E-state index in [1.165, 1.54) is 83.5 Å². The number of carbonyl (C=O) groups is 2. The molecule has 174 valence electrons. The van der Waals surface area contributed by atoms with Crippen LogP contribution in [0.5, 0.6) is 0 Å². The summed E-state index contributed by atoms with van der Waals surface area (Å²) in [5.41, 5.74) is 0. The fourth-order valence-corrected chi connectivity index (χ4v) is 3.37. The second kappa shape index (κ2) is 26.9. The molecule has 1 amide bonds. The van der Waals surface area contributed by atoms with Crippen molar-refractivity contribution in [1.82, 2.24) is 5.32 Å². The largest absolute Gasteiger partial charge is 0.481 e. The molecule has 0 aliphatic carbocycles. The van der Waals surface area contributed by atoms with Crippen molar-refractivity contribution in [1.29, 1.82) is 0 Å². The predicted octanol–water partition coefficient (Wildman–Crippen LogP) is 7.65. The Hall–Kier alpha value is -1.06. The lowest BCUT2D eigenvalue weighted by atomic mass is 10.0. The van der Waals surface area contributed by atoms with Crippen LogP contribution in [-0.2, 0) is 9.59 Å². The summed E-state index contributed by atoms with van der Waals surface area (Å²) in [7, 11) is 0. The fraction of sp³-hybridized carbons (Fsp3) is 0.920. The molecule has 0 aliphatic heterocycles. The smallest absolute Gasteiger partial charge is 0.303 e. The number of hydrogen-bond acceptors (Lipinski definition) is 2. The lowest BCUT2D eigenvalue weighted by Crippen LogP contribution is -2.23. The number of unbranched alkanes of at least 4 members (excludes halogenated alkanes) is 15. The summed E-state index contributed by atoms with van der Waals surface area (Å²) < 4.78 is 0. The third-order valence-corrected chi connectivity index (χ3v) is 5.15. The van der Waals surface area contributed by atoms with Crippen molar-refractivity contribution in [3.8, 4) is 0 Å². The Kier molecular flexibility index (Phi) is 28.0. The molecule has 0 bridgehead atoms. The van der Waals surface area contributed by atoms with Gasteiger partial charge in [0.25, 0.3) is 0 Å². The number of rotatable bonds is 21. The molecule has 2 N–H and O–H groups in total. The van der Waals surface area contributed by atoms with Crippen molar-refractivity contribution in [3.05, 3.63) is 0 Å². The Morgan fingerprint density at radius 3 is 1.34 bits per heavy atom. The van der Waals surface area contributed by atoms with Crippen molar-refractivity contribution in [2.45, 2.75) is 143 Å². The van der Waals surface area contributed by atoms with Crippen LogP contribution in [0.25, 0.3) is 0 Å². The highest BCUT2D eigenvalue weighted by molar-refractivity contribution is 5.75. The Bertz CT molecular complexity index is 345. The molecule has 0 fully saturated rings. The first-order valence-corrected chi connectivity index (χ1v) is 12.6. The molecule has 0 aliphatic rings. The van der Waals surface area contributed by atoms with E-state index in [2.05, 4.69) is 12.2 Å². The van der Waals surface area contributed by atoms with Gasteiger partial charge in [-0.25, -0.2) is 0 Å². The molecule has 4 nitrogen and oxygen atoms in total. The Morgan fingerprint density at radius 1 is 0.586 bits per heavy atom. The Morgan fingerprint density at radius 2 is 0.966 bits per heavy atom. The summed E-state index contributed by atoms with van der Waals surface area (Å²) in [6, 6.07) is 0. The summed E-state index contributed by atoms with van der Waals surface area (Å²) in [5.74, 6) is -0.439. The quantitative estimate of drug-likeness (QED) is 0.190. The molecule has 0 atom stereocenters. The van der Waals surface area contributed by atoms with Crippen LogP contribution in [-0.4, -0.2) is 23.5 Å². The van der Waals surface area contributed by atoms with E-state index in [-0.39, 0.29) is 5.91 Å². The highest BCUT2D eigenvalue weighted by atomic mass is 16.4. The normalized spacial score (nSPS) is 10.3. The van der Waals surface area contributed by atoms with Gasteiger partial charge in [0.05, 0.1) is 0 Å². The van der Waals surface area contributed by atoms with Gasteiger partial charge in [-0.3, -0.25) is 9.59 Å². The van der Waals surface area contributed by atoms with Crippen molar-refractivity contribution in [2.24, 2.45) is 0 Å². The van der Waals surface area contributed by atoms with Gasteiger partial charge >= 0.3 is 5.97 Å². The minimum atomic E-state index is -0.668. The lowest BCUT2D eigenvalue weighted by Gasteiger charge is -2.05. The van der Waals surface area contributed by atoms with Crippen LogP contribution in [0.1, 0.15) is 143 Å². The number of hydrogen-bond donors (Lipinski definition) is 2. The number of carbonyl (C=O) groups excluding carboxylic acids is 1. The summed E-state index contributed by atoms with van der Waals surface area (Å²) >= 11 is 0. The number of amides is 1. The second-order valence-corrected chi connectivity index (χ2v) is 7.90. The molecule has 0 saturated carbocycles. The highest BCUT2D eigenvalue weighted by Gasteiger charge is 2.00. The molecule has 0 rings (SSSR count). The van der Waals surface area contributed by atoms with Crippen molar-refractivity contribution in [3.63, 3.8) is 0 Å². The minimum Gasteiger partial charge on any atom is -0.481 e. The van der Waals surface area contributed by atoms with E-state index in [4.69, 9.17) is 5.11 Å². The van der Waals surface area contributed by atoms with Gasteiger partial charge in [0.1, 0.15) is 0 Å². The molecule has 4 heteroatoms. The van der Waals surface area contributed by atoms with E-state index in [9.17, 15) is 9.59 Å². The first-order chi connectivity index (χ1) is 14.2. The van der Waals surface area contributed by atoms with Crippen LogP contribution in [0.3, 0.4) is 0 Å². The zero-order valence-corrected chi connectivity index (χ0v) is 19.9. The standard InChI is InChI=1S/C23H45NO3.C2H6/c1-2-3-18-21-24-22(25)19-16-14-12-10-8-6-4-5-7-9-11-13-15-17-20-23(26)27;1-2/h2-21H2,1H3,(H,24,25)(H,26,27);1-2H3. The molecule has 0 spiro atoms. The Balaban J connectivity index is 0. The second-order valence-electron chi connectivity index (χ2n) is 7.90. The molecule has 29 heavy (non-hydrogen) atoms. The van der Waals surface area contributed by atoms with E-state index in [1.807, 2.05) is 13.8 Å². The van der Waals surface area contributed by atoms with Gasteiger partial charge in [-0.2, -0.15) is 0 Å². The topological polar surface area (TPSA) is 66.4 Å². The molecule has 0 radical (unpaired) electrons. The SMILES string of the molecule is CC.CCCCCNC(=O)CCCCCCCCCCCCCCCCC(=O)O. The van der Waals surface area contributed by atoms with Crippen LogP contribution >= 0.6 is 0 Å². The maximum absolute atomic E-state index is 11.6. The monoisotopic (exact) mass is 413 g/mol. The van der Waals surface area contributed by atoms with Gasteiger partial charge in [0.2, 0.25) is 5.91 Å². The highest BCUT2D eigenvalue weighted by Crippen LogP contribution is 2.13. The molecular weight excluding hydrogens is 362 g/mol. The van der Waals surface area contributed by atoms with Crippen LogP contribution in [0.4, 0.5) is 0 Å². The number of carboxylic acid groups (broad SMARTS) is 1. The molecule has 0 unspecified atom stereocenters. The van der Waals surface area contributed by atoms with Gasteiger partial charge in [-0.1, -0.05) is 111 Å². The van der Waals surface area contributed by atoms with E-state index < -0.39 is 5.97 Å². The minimum absolute atomic E-state index is 0.230. The predicted molar refractivity (Wildman–Crippen MR) is 125 cm³/mol. The first-order valence-electron chi connectivity index (χ1n) is 12.6. The van der Waals surface area contributed by atoms with E-state index in [0.29, 0.717) is 12.8 Å². The van der Waals surface area contributed by atoms with E-state index in [1.54, 1.807) is 0 Å². The Labute approximate surface area is 181 Å². The third kappa shape index (κ3) is 29.2. The number of carboxylic acids is 1. The van der Waals surface area contributed by atoms with Gasteiger partial charge in [-0.05, 0) is 19.3 Å². The van der Waals surface area contributed by atoms with E-state index in [0.717, 1.165) is 32.2 Å².